The molecule has 112 valence electrons. The number of nitrogens with zero attached hydrogens (tertiary/aromatic N) is 3. The molecule has 0 saturated carbocycles. The molecule has 20 heavy (non-hydrogen) atoms. The molecule has 0 aliphatic carbocycles. The largest absolute Gasteiger partial charge is 0.326 e. The van der Waals surface area contributed by atoms with Gasteiger partial charge in [0.1, 0.15) is 0 Å². The highest BCUT2D eigenvalue weighted by Gasteiger charge is 2.37. The first-order valence-corrected chi connectivity index (χ1v) is 7.60. The lowest BCUT2D eigenvalue weighted by atomic mass is 9.97. The summed E-state index contributed by atoms with van der Waals surface area (Å²) in [7, 11) is 4.34. The molecule has 4 unspecified atom stereocenters. The number of aromatic nitrogens is 1. The first-order valence-electron chi connectivity index (χ1n) is 7.60. The zero-order valence-corrected chi connectivity index (χ0v) is 13.2. The third kappa shape index (κ3) is 3.19. The second-order valence-corrected chi connectivity index (χ2v) is 6.26. The predicted octanol–water partition coefficient (Wildman–Crippen LogP) is 1.74. The highest BCUT2D eigenvalue weighted by molar-refractivity contribution is 5.18. The van der Waals surface area contributed by atoms with E-state index in [1.165, 1.54) is 5.56 Å². The molecule has 1 saturated heterocycles. The minimum Gasteiger partial charge on any atom is -0.326 e. The summed E-state index contributed by atoms with van der Waals surface area (Å²) in [6.45, 7) is 6.71. The molecule has 2 N–H and O–H groups in total. The molecule has 0 bridgehead atoms. The highest BCUT2D eigenvalue weighted by atomic mass is 15.3. The summed E-state index contributed by atoms with van der Waals surface area (Å²) in [4.78, 5) is 9.02. The third-order valence-corrected chi connectivity index (χ3v) is 4.58. The van der Waals surface area contributed by atoms with Crippen molar-refractivity contribution in [3.63, 3.8) is 0 Å². The lowest BCUT2D eigenvalue weighted by molar-refractivity contribution is 0.190. The Balaban J connectivity index is 2.21. The lowest BCUT2D eigenvalue weighted by Gasteiger charge is -2.33. The number of likely N-dealkylation sites (tertiary alicyclic amines) is 1. The van der Waals surface area contributed by atoms with Gasteiger partial charge in [-0.3, -0.25) is 9.88 Å². The number of nitrogens with two attached hydrogens (primary N) is 1. The minimum absolute atomic E-state index is 0.172. The van der Waals surface area contributed by atoms with Crippen molar-refractivity contribution in [1.29, 1.82) is 0 Å². The quantitative estimate of drug-likeness (QED) is 0.890. The molecule has 0 amide bonds. The van der Waals surface area contributed by atoms with E-state index in [1.807, 2.05) is 12.4 Å². The number of likely N-dealkylation sites (N-methyl/N-ethyl adjacent to an activating group) is 1. The van der Waals surface area contributed by atoms with Crippen LogP contribution in [0.3, 0.4) is 0 Å². The first kappa shape index (κ1) is 15.4. The molecular formula is C16H28N4. The number of pyridine rings is 1. The van der Waals surface area contributed by atoms with Crippen LogP contribution in [0.5, 0.6) is 0 Å². The first-order chi connectivity index (χ1) is 9.54. The number of rotatable bonds is 5. The Labute approximate surface area is 123 Å². The Morgan fingerprint density at radius 3 is 2.50 bits per heavy atom. The third-order valence-electron chi connectivity index (χ3n) is 4.58. The smallest absolute Gasteiger partial charge is 0.0500 e. The SMILES string of the molecule is CCC(N)C(c1ccncc1)N1CC(C)C(N(C)C)C1. The van der Waals surface area contributed by atoms with Gasteiger partial charge in [0.25, 0.3) is 0 Å². The van der Waals surface area contributed by atoms with Gasteiger partial charge in [-0.15, -0.1) is 0 Å². The van der Waals surface area contributed by atoms with Crippen LogP contribution in [0.2, 0.25) is 0 Å². The maximum atomic E-state index is 6.42. The fraction of sp³-hybridized carbons (Fsp3) is 0.688. The zero-order valence-electron chi connectivity index (χ0n) is 13.2. The van der Waals surface area contributed by atoms with E-state index >= 15 is 0 Å². The van der Waals surface area contributed by atoms with Crippen LogP contribution in [0.25, 0.3) is 0 Å². The number of hydrogen-bond acceptors (Lipinski definition) is 4. The Kier molecular flexibility index (Phi) is 5.13. The molecule has 4 atom stereocenters. The van der Waals surface area contributed by atoms with Gasteiger partial charge in [0.05, 0.1) is 6.04 Å². The van der Waals surface area contributed by atoms with Crippen LogP contribution in [-0.4, -0.2) is 54.1 Å². The van der Waals surface area contributed by atoms with E-state index in [9.17, 15) is 0 Å². The van der Waals surface area contributed by atoms with Crippen LogP contribution in [-0.2, 0) is 0 Å². The van der Waals surface area contributed by atoms with Gasteiger partial charge in [-0.05, 0) is 44.1 Å². The Hall–Kier alpha value is -0.970. The fourth-order valence-corrected chi connectivity index (χ4v) is 3.40. The average Bonchev–Trinajstić information content (AvgIpc) is 2.82. The van der Waals surface area contributed by atoms with Crippen LogP contribution < -0.4 is 5.73 Å². The van der Waals surface area contributed by atoms with Crippen LogP contribution in [0, 0.1) is 5.92 Å². The molecule has 4 nitrogen and oxygen atoms in total. The monoisotopic (exact) mass is 276 g/mol. The minimum atomic E-state index is 0.172. The van der Waals surface area contributed by atoms with E-state index in [1.54, 1.807) is 0 Å². The summed E-state index contributed by atoms with van der Waals surface area (Å²) in [5, 5.41) is 0. The van der Waals surface area contributed by atoms with E-state index < -0.39 is 0 Å². The van der Waals surface area contributed by atoms with Gasteiger partial charge < -0.3 is 10.6 Å². The van der Waals surface area contributed by atoms with Crippen molar-refractivity contribution < 1.29 is 0 Å². The van der Waals surface area contributed by atoms with Gasteiger partial charge in [0.2, 0.25) is 0 Å². The van der Waals surface area contributed by atoms with Gasteiger partial charge in [0.15, 0.2) is 0 Å². The van der Waals surface area contributed by atoms with E-state index in [0.29, 0.717) is 18.0 Å². The molecule has 0 radical (unpaired) electrons. The standard InChI is InChI=1S/C16H28N4/c1-5-14(17)16(13-6-8-18-9-7-13)20-10-12(2)15(11-20)19(3)4/h6-9,12,14-16H,5,10-11,17H2,1-4H3. The molecule has 1 aromatic heterocycles. The van der Waals surface area contributed by atoms with E-state index in [4.69, 9.17) is 5.73 Å². The van der Waals surface area contributed by atoms with Crippen LogP contribution >= 0.6 is 0 Å². The van der Waals surface area contributed by atoms with Crippen molar-refractivity contribution in [1.82, 2.24) is 14.8 Å². The van der Waals surface area contributed by atoms with Crippen molar-refractivity contribution >= 4 is 0 Å². The van der Waals surface area contributed by atoms with Crippen molar-refractivity contribution in [3.8, 4) is 0 Å². The summed E-state index contributed by atoms with van der Waals surface area (Å²) in [6.07, 6.45) is 4.73. The van der Waals surface area contributed by atoms with E-state index in [0.717, 1.165) is 19.5 Å². The van der Waals surface area contributed by atoms with Crippen LogP contribution in [0.15, 0.2) is 24.5 Å². The van der Waals surface area contributed by atoms with Crippen LogP contribution in [0.1, 0.15) is 31.9 Å². The topological polar surface area (TPSA) is 45.4 Å². The zero-order chi connectivity index (χ0) is 14.7. The van der Waals surface area contributed by atoms with Gasteiger partial charge in [-0.2, -0.15) is 0 Å². The molecule has 0 aromatic carbocycles. The van der Waals surface area contributed by atoms with Crippen molar-refractivity contribution in [3.05, 3.63) is 30.1 Å². The highest BCUT2D eigenvalue weighted by Crippen LogP contribution is 2.31. The summed E-state index contributed by atoms with van der Waals surface area (Å²) < 4.78 is 0. The van der Waals surface area contributed by atoms with E-state index in [2.05, 4.69) is 54.9 Å². The Morgan fingerprint density at radius 1 is 1.35 bits per heavy atom. The molecule has 1 aromatic rings. The van der Waals surface area contributed by atoms with Crippen molar-refractivity contribution in [2.75, 3.05) is 27.2 Å². The summed E-state index contributed by atoms with van der Waals surface area (Å²) in [5.74, 6) is 0.679. The van der Waals surface area contributed by atoms with Gasteiger partial charge in [-0.1, -0.05) is 13.8 Å². The summed E-state index contributed by atoms with van der Waals surface area (Å²) in [6, 6.07) is 5.30. The molecule has 1 fully saturated rings. The van der Waals surface area contributed by atoms with Gasteiger partial charge in [0, 0.05) is 37.6 Å². The average molecular weight is 276 g/mol. The fourth-order valence-electron chi connectivity index (χ4n) is 3.40. The van der Waals surface area contributed by atoms with Crippen molar-refractivity contribution in [2.45, 2.75) is 38.4 Å². The number of hydrogen-bond donors (Lipinski definition) is 1. The van der Waals surface area contributed by atoms with E-state index in [-0.39, 0.29) is 6.04 Å². The second kappa shape index (κ2) is 6.66. The molecule has 1 aliphatic heterocycles. The lowest BCUT2D eigenvalue weighted by Crippen LogP contribution is -2.41. The Morgan fingerprint density at radius 2 is 2.00 bits per heavy atom. The maximum absolute atomic E-state index is 6.42. The normalized spacial score (nSPS) is 26.9. The summed E-state index contributed by atoms with van der Waals surface area (Å²) >= 11 is 0. The molecule has 2 heterocycles. The van der Waals surface area contributed by atoms with Crippen molar-refractivity contribution in [2.24, 2.45) is 11.7 Å². The molecule has 4 heteroatoms. The Bertz CT molecular complexity index is 406. The predicted molar refractivity (Wildman–Crippen MR) is 83.5 cm³/mol. The molecular weight excluding hydrogens is 248 g/mol. The molecule has 1 aliphatic rings. The molecule has 2 rings (SSSR count). The maximum Gasteiger partial charge on any atom is 0.0500 e. The summed E-state index contributed by atoms with van der Waals surface area (Å²) in [5.41, 5.74) is 7.71. The van der Waals surface area contributed by atoms with Gasteiger partial charge in [-0.25, -0.2) is 0 Å². The van der Waals surface area contributed by atoms with Crippen LogP contribution in [0.4, 0.5) is 0 Å². The van der Waals surface area contributed by atoms with Gasteiger partial charge >= 0.3 is 0 Å². The second-order valence-electron chi connectivity index (χ2n) is 6.26. The molecule has 0 spiro atoms.